The van der Waals surface area contributed by atoms with Crippen molar-refractivity contribution < 1.29 is 0 Å². The second-order valence-corrected chi connectivity index (χ2v) is 22.9. The van der Waals surface area contributed by atoms with Gasteiger partial charge in [0.15, 0.2) is 0 Å². The number of fused-ring (bicyclic) bond motifs is 20. The molecule has 0 atom stereocenters. The van der Waals surface area contributed by atoms with Crippen molar-refractivity contribution in [3.05, 3.63) is 234 Å². The summed E-state index contributed by atoms with van der Waals surface area (Å²) in [6.45, 7) is 6.90. The zero-order valence-electron chi connectivity index (χ0n) is 38.9. The fourth-order valence-corrected chi connectivity index (χ4v) is 15.5. The van der Waals surface area contributed by atoms with E-state index in [2.05, 4.69) is 236 Å². The van der Waals surface area contributed by atoms with Crippen molar-refractivity contribution in [3.63, 3.8) is 0 Å². The lowest BCUT2D eigenvalue weighted by atomic mass is 9.29. The van der Waals surface area contributed by atoms with Crippen LogP contribution in [0.3, 0.4) is 0 Å². The zero-order chi connectivity index (χ0) is 46.2. The van der Waals surface area contributed by atoms with Gasteiger partial charge in [0.05, 0.1) is 16.4 Å². The molecule has 16 rings (SSSR count). The number of benzene rings is 10. The Morgan fingerprint density at radius 3 is 1.54 bits per heavy atom. The minimum Gasteiger partial charge on any atom is -0.311 e. The highest BCUT2D eigenvalue weighted by Crippen LogP contribution is 2.59. The first-order valence-corrected chi connectivity index (χ1v) is 26.2. The lowest BCUT2D eigenvalue weighted by Gasteiger charge is -2.48. The maximum Gasteiger partial charge on any atom is 0.247 e. The Morgan fingerprint density at radius 1 is 0.400 bits per heavy atom. The van der Waals surface area contributed by atoms with Gasteiger partial charge in [0.1, 0.15) is 0 Å². The molecule has 1 spiro atoms. The van der Waals surface area contributed by atoms with Gasteiger partial charge in [-0.1, -0.05) is 160 Å². The fourth-order valence-electron chi connectivity index (χ4n) is 13.3. The molecule has 0 N–H and O–H groups in total. The maximum atomic E-state index is 2.64. The Labute approximate surface area is 414 Å². The number of para-hydroxylation sites is 2. The lowest BCUT2D eigenvalue weighted by Crippen LogP contribution is -2.65. The summed E-state index contributed by atoms with van der Waals surface area (Å²) >= 11 is 3.85. The van der Waals surface area contributed by atoms with Gasteiger partial charge in [0.2, 0.25) is 6.71 Å². The number of rotatable bonds is 2. The van der Waals surface area contributed by atoms with Crippen LogP contribution in [0.2, 0.25) is 0 Å². The molecule has 328 valence electrons. The molecule has 0 bridgehead atoms. The molecule has 3 aromatic heterocycles. The Bertz CT molecular complexity index is 4330. The first kappa shape index (κ1) is 39.2. The minimum atomic E-state index is -0.629. The number of nitrogens with zero attached hydrogens (tertiary/aromatic N) is 2. The number of hydrogen-bond acceptors (Lipinski definition) is 3. The normalized spacial score (nSPS) is 14.3. The number of aromatic nitrogens is 1. The topological polar surface area (TPSA) is 8.17 Å². The first-order chi connectivity index (χ1) is 34.3. The summed E-state index contributed by atoms with van der Waals surface area (Å²) in [6, 6.07) is 79.6. The van der Waals surface area contributed by atoms with Gasteiger partial charge in [-0.05, 0) is 128 Å². The van der Waals surface area contributed by atoms with Gasteiger partial charge in [0, 0.05) is 73.9 Å². The van der Waals surface area contributed by atoms with Gasteiger partial charge in [-0.3, -0.25) is 0 Å². The van der Waals surface area contributed by atoms with Gasteiger partial charge in [-0.2, -0.15) is 0 Å². The molecule has 0 saturated carbocycles. The third kappa shape index (κ3) is 4.98. The summed E-state index contributed by atoms with van der Waals surface area (Å²) in [7, 11) is 0. The molecular formula is C65H43BN2S2. The molecule has 2 aliphatic heterocycles. The molecule has 0 unspecified atom stereocenters. The van der Waals surface area contributed by atoms with Crippen LogP contribution in [0.25, 0.3) is 79.0 Å². The van der Waals surface area contributed by atoms with Crippen molar-refractivity contribution in [2.75, 3.05) is 4.90 Å². The van der Waals surface area contributed by atoms with E-state index in [1.807, 2.05) is 22.7 Å². The van der Waals surface area contributed by atoms with Crippen molar-refractivity contribution in [3.8, 4) is 16.8 Å². The summed E-state index contributed by atoms with van der Waals surface area (Å²) in [5.41, 5.74) is 20.1. The first-order valence-electron chi connectivity index (χ1n) is 24.5. The number of thiophene rings is 2. The monoisotopic (exact) mass is 926 g/mol. The van der Waals surface area contributed by atoms with Crippen LogP contribution in [-0.4, -0.2) is 11.3 Å². The number of hydrogen-bond donors (Lipinski definition) is 0. The van der Waals surface area contributed by atoms with Gasteiger partial charge < -0.3 is 9.47 Å². The smallest absolute Gasteiger partial charge is 0.247 e. The van der Waals surface area contributed by atoms with E-state index in [1.165, 1.54) is 140 Å². The van der Waals surface area contributed by atoms with Crippen molar-refractivity contribution in [2.45, 2.75) is 31.6 Å². The van der Waals surface area contributed by atoms with Crippen molar-refractivity contribution in [1.29, 1.82) is 0 Å². The van der Waals surface area contributed by atoms with E-state index >= 15 is 0 Å². The van der Waals surface area contributed by atoms with Crippen LogP contribution < -0.4 is 21.3 Å². The zero-order valence-corrected chi connectivity index (χ0v) is 40.6. The van der Waals surface area contributed by atoms with Crippen LogP contribution >= 0.6 is 22.7 Å². The van der Waals surface area contributed by atoms with E-state index in [1.54, 1.807) is 0 Å². The molecule has 70 heavy (non-hydrogen) atoms. The maximum absolute atomic E-state index is 2.64. The van der Waals surface area contributed by atoms with E-state index in [0.717, 1.165) is 0 Å². The van der Waals surface area contributed by atoms with E-state index < -0.39 is 5.41 Å². The molecule has 10 aromatic carbocycles. The molecule has 5 heteroatoms. The summed E-state index contributed by atoms with van der Waals surface area (Å²) < 4.78 is 7.87. The summed E-state index contributed by atoms with van der Waals surface area (Å²) in [5.74, 6) is 0. The van der Waals surface area contributed by atoms with Crippen LogP contribution in [0, 0.1) is 0 Å². The predicted molar refractivity (Wildman–Crippen MR) is 302 cm³/mol. The van der Waals surface area contributed by atoms with Crippen LogP contribution in [-0.2, 0) is 10.8 Å². The van der Waals surface area contributed by atoms with E-state index in [-0.39, 0.29) is 12.1 Å². The average Bonchev–Trinajstić information content (AvgIpc) is 4.14. The molecule has 0 saturated heterocycles. The molecule has 0 fully saturated rings. The van der Waals surface area contributed by atoms with E-state index in [4.69, 9.17) is 0 Å². The van der Waals surface area contributed by atoms with Gasteiger partial charge >= 0.3 is 0 Å². The SMILES string of the molecule is CC(C)(C)c1ccc(N2c3cc4c(cc3B3c5cc6sc7ccccc7c6cc5C5(c6ccccc6-c6ccccc65)c5cc(-n6c7ccccc7c7ccccc76)cc2c53)sc2ccccc24)cc1. The highest BCUT2D eigenvalue weighted by atomic mass is 32.1. The van der Waals surface area contributed by atoms with Crippen LogP contribution in [0.5, 0.6) is 0 Å². The molecule has 0 amide bonds. The molecule has 0 radical (unpaired) electrons. The second kappa shape index (κ2) is 13.8. The molecule has 5 heterocycles. The molecule has 13 aromatic rings. The average molecular weight is 927 g/mol. The summed E-state index contributed by atoms with van der Waals surface area (Å²) in [4.78, 5) is 2.64. The van der Waals surface area contributed by atoms with Gasteiger partial charge in [-0.15, -0.1) is 22.7 Å². The molecule has 1 aliphatic carbocycles. The quantitative estimate of drug-likeness (QED) is 0.157. The Kier molecular flexibility index (Phi) is 7.70. The summed E-state index contributed by atoms with van der Waals surface area (Å²) in [6.07, 6.45) is 0. The van der Waals surface area contributed by atoms with Gasteiger partial charge in [0.25, 0.3) is 0 Å². The fraction of sp³-hybridized carbons (Fsp3) is 0.0769. The highest BCUT2D eigenvalue weighted by molar-refractivity contribution is 7.26. The standard InChI is InChI=1S/C65H43BN2S2/c1-64(2,3)38-28-30-39(31-29-38)67-57-35-48-46-21-9-15-27-60(46)70-62(48)37-54(57)66-53-36-61-47(45-20-8-14-26-59(45)69-61)34-51(53)65(49-22-10-4-16-41(49)42-17-5-11-23-50(42)65)52-32-40(33-58(67)63(52)66)68-55-24-12-6-18-43(55)44-19-7-13-25-56(44)68/h4-37H,1-3H3. The van der Waals surface area contributed by atoms with Gasteiger partial charge in [-0.25, -0.2) is 0 Å². The highest BCUT2D eigenvalue weighted by Gasteiger charge is 2.55. The Morgan fingerprint density at radius 2 is 0.929 bits per heavy atom. The Hall–Kier alpha value is -7.70. The van der Waals surface area contributed by atoms with Crippen molar-refractivity contribution in [1.82, 2.24) is 4.57 Å². The molecule has 2 nitrogen and oxygen atoms in total. The Balaban J connectivity index is 1.13. The third-order valence-electron chi connectivity index (χ3n) is 16.2. The minimum absolute atomic E-state index is 0.0120. The largest absolute Gasteiger partial charge is 0.311 e. The van der Waals surface area contributed by atoms with Crippen LogP contribution in [0.15, 0.2) is 206 Å². The van der Waals surface area contributed by atoms with Crippen molar-refractivity contribution >= 4 is 125 Å². The van der Waals surface area contributed by atoms with Crippen LogP contribution in [0.1, 0.15) is 48.6 Å². The summed E-state index contributed by atoms with van der Waals surface area (Å²) in [5, 5.41) is 7.80. The molecular weight excluding hydrogens is 884 g/mol. The van der Waals surface area contributed by atoms with E-state index in [9.17, 15) is 0 Å². The van der Waals surface area contributed by atoms with E-state index in [0.29, 0.717) is 0 Å². The second-order valence-electron chi connectivity index (χ2n) is 20.7. The lowest BCUT2D eigenvalue weighted by molar-refractivity contribution is 0.590. The molecule has 3 aliphatic rings. The third-order valence-corrected chi connectivity index (χ3v) is 18.5. The van der Waals surface area contributed by atoms with Crippen LogP contribution in [0.4, 0.5) is 17.1 Å². The van der Waals surface area contributed by atoms with Crippen molar-refractivity contribution in [2.24, 2.45) is 0 Å². The predicted octanol–water partition coefficient (Wildman–Crippen LogP) is 15.8. The number of anilines is 3.